The summed E-state index contributed by atoms with van der Waals surface area (Å²) in [4.78, 5) is 21.2. The fraction of sp³-hybridized carbons (Fsp3) is 0.200. The third-order valence-corrected chi connectivity index (χ3v) is 2.79. The summed E-state index contributed by atoms with van der Waals surface area (Å²) in [7, 11) is 0. The molecule has 1 rings (SSSR count). The molecule has 1 amide bonds. The number of rotatable bonds is 3. The van der Waals surface area contributed by atoms with E-state index in [1.807, 2.05) is 19.1 Å². The molecular formula is C10H10BrNO2. The smallest absolute Gasteiger partial charge is 0.286 e. The number of ketones is 1. The first-order valence-electron chi connectivity index (χ1n) is 4.06. The van der Waals surface area contributed by atoms with Gasteiger partial charge in [0.2, 0.25) is 5.78 Å². The van der Waals surface area contributed by atoms with E-state index in [1.165, 1.54) is 0 Å². The van der Waals surface area contributed by atoms with Crippen molar-refractivity contribution in [2.75, 3.05) is 0 Å². The maximum Gasteiger partial charge on any atom is 0.286 e. The molecule has 1 aromatic carbocycles. The number of hydrogen-bond donors (Lipinski definition) is 1. The van der Waals surface area contributed by atoms with Gasteiger partial charge >= 0.3 is 0 Å². The third kappa shape index (κ3) is 2.42. The Morgan fingerprint density at radius 1 is 1.29 bits per heavy atom. The van der Waals surface area contributed by atoms with Gasteiger partial charge < -0.3 is 5.73 Å². The highest BCUT2D eigenvalue weighted by molar-refractivity contribution is 9.09. The highest BCUT2D eigenvalue weighted by Crippen LogP contribution is 2.23. The number of halogens is 1. The normalized spacial score (nSPS) is 12.1. The monoisotopic (exact) mass is 255 g/mol. The van der Waals surface area contributed by atoms with Crippen LogP contribution in [-0.2, 0) is 9.59 Å². The highest BCUT2D eigenvalue weighted by atomic mass is 79.9. The standard InChI is InChI=1S/C10H10BrNO2/c1-6-2-4-7(5-3-6)8(11)9(13)10(12)14/h2-5,8H,1H3,(H2,12,14). The van der Waals surface area contributed by atoms with Crippen molar-refractivity contribution in [2.45, 2.75) is 11.8 Å². The zero-order chi connectivity index (χ0) is 10.7. The average Bonchev–Trinajstić information content (AvgIpc) is 2.16. The molecule has 0 aromatic heterocycles. The number of benzene rings is 1. The molecule has 1 unspecified atom stereocenters. The summed E-state index contributed by atoms with van der Waals surface area (Å²) in [6.45, 7) is 1.95. The Kier molecular flexibility index (Phi) is 3.41. The summed E-state index contributed by atoms with van der Waals surface area (Å²) < 4.78 is 0. The lowest BCUT2D eigenvalue weighted by Gasteiger charge is -2.06. The van der Waals surface area contributed by atoms with Gasteiger partial charge in [0.25, 0.3) is 5.91 Å². The molecule has 1 atom stereocenters. The molecule has 3 nitrogen and oxygen atoms in total. The molecule has 0 aliphatic heterocycles. The first-order valence-corrected chi connectivity index (χ1v) is 4.98. The van der Waals surface area contributed by atoms with E-state index in [0.717, 1.165) is 11.1 Å². The van der Waals surface area contributed by atoms with Crippen molar-refractivity contribution in [3.63, 3.8) is 0 Å². The largest absolute Gasteiger partial charge is 0.363 e. The highest BCUT2D eigenvalue weighted by Gasteiger charge is 2.21. The lowest BCUT2D eigenvalue weighted by Crippen LogP contribution is -2.26. The second-order valence-electron chi connectivity index (χ2n) is 3.00. The lowest BCUT2D eigenvalue weighted by atomic mass is 10.1. The number of nitrogens with two attached hydrogens (primary N) is 1. The topological polar surface area (TPSA) is 60.2 Å². The second-order valence-corrected chi connectivity index (χ2v) is 3.92. The van der Waals surface area contributed by atoms with Gasteiger partial charge in [-0.1, -0.05) is 45.8 Å². The SMILES string of the molecule is Cc1ccc(C(Br)C(=O)C(N)=O)cc1. The van der Waals surface area contributed by atoms with E-state index in [1.54, 1.807) is 12.1 Å². The summed E-state index contributed by atoms with van der Waals surface area (Å²) in [6, 6.07) is 7.32. The van der Waals surface area contributed by atoms with Gasteiger partial charge in [-0.15, -0.1) is 0 Å². The van der Waals surface area contributed by atoms with Crippen LogP contribution in [0.5, 0.6) is 0 Å². The quantitative estimate of drug-likeness (QED) is 0.657. The van der Waals surface area contributed by atoms with Crippen molar-refractivity contribution < 1.29 is 9.59 Å². The number of hydrogen-bond acceptors (Lipinski definition) is 2. The molecule has 0 saturated carbocycles. The fourth-order valence-corrected chi connectivity index (χ4v) is 1.54. The number of carbonyl (C=O) groups is 2. The number of amides is 1. The number of carbonyl (C=O) groups excluding carboxylic acids is 2. The van der Waals surface area contributed by atoms with Crippen LogP contribution in [0.15, 0.2) is 24.3 Å². The second kappa shape index (κ2) is 4.37. The third-order valence-electron chi connectivity index (χ3n) is 1.84. The zero-order valence-corrected chi connectivity index (χ0v) is 9.24. The molecule has 4 heteroatoms. The van der Waals surface area contributed by atoms with Gasteiger partial charge in [-0.2, -0.15) is 0 Å². The minimum atomic E-state index is -0.924. The molecule has 0 bridgehead atoms. The van der Waals surface area contributed by atoms with Gasteiger partial charge in [-0.25, -0.2) is 0 Å². The van der Waals surface area contributed by atoms with Crippen LogP contribution in [-0.4, -0.2) is 11.7 Å². The molecule has 0 aliphatic rings. The molecule has 0 saturated heterocycles. The number of primary amides is 1. The van der Waals surface area contributed by atoms with Crippen molar-refractivity contribution in [3.05, 3.63) is 35.4 Å². The molecule has 0 heterocycles. The van der Waals surface area contributed by atoms with E-state index in [4.69, 9.17) is 5.73 Å². The number of alkyl halides is 1. The van der Waals surface area contributed by atoms with E-state index in [9.17, 15) is 9.59 Å². The van der Waals surface area contributed by atoms with E-state index < -0.39 is 16.5 Å². The molecular weight excluding hydrogens is 246 g/mol. The van der Waals surface area contributed by atoms with Gasteiger partial charge in [0.1, 0.15) is 4.83 Å². The Balaban J connectivity index is 2.89. The summed E-state index contributed by atoms with van der Waals surface area (Å²) in [5.41, 5.74) is 6.72. The van der Waals surface area contributed by atoms with E-state index in [2.05, 4.69) is 15.9 Å². The zero-order valence-electron chi connectivity index (χ0n) is 7.66. The fourth-order valence-electron chi connectivity index (χ4n) is 1.01. The van der Waals surface area contributed by atoms with Gasteiger partial charge in [-0.05, 0) is 12.5 Å². The maximum atomic E-state index is 11.2. The Morgan fingerprint density at radius 3 is 2.21 bits per heavy atom. The molecule has 2 N–H and O–H groups in total. The number of Topliss-reactive ketones (excluding diaryl/α,β-unsaturated/α-hetero) is 1. The summed E-state index contributed by atoms with van der Waals surface area (Å²) >= 11 is 3.13. The lowest BCUT2D eigenvalue weighted by molar-refractivity contribution is -0.135. The van der Waals surface area contributed by atoms with Crippen molar-refractivity contribution in [3.8, 4) is 0 Å². The van der Waals surface area contributed by atoms with E-state index in [-0.39, 0.29) is 0 Å². The van der Waals surface area contributed by atoms with Gasteiger partial charge in [-0.3, -0.25) is 9.59 Å². The average molecular weight is 256 g/mol. The van der Waals surface area contributed by atoms with Crippen molar-refractivity contribution in [1.82, 2.24) is 0 Å². The van der Waals surface area contributed by atoms with Gasteiger partial charge in [0, 0.05) is 0 Å². The molecule has 0 spiro atoms. The van der Waals surface area contributed by atoms with Gasteiger partial charge in [0.05, 0.1) is 0 Å². The van der Waals surface area contributed by atoms with Crippen molar-refractivity contribution in [1.29, 1.82) is 0 Å². The van der Waals surface area contributed by atoms with Gasteiger partial charge in [0.15, 0.2) is 0 Å². The Labute approximate surface area is 90.4 Å². The first-order chi connectivity index (χ1) is 6.52. The van der Waals surface area contributed by atoms with Crippen LogP contribution in [0.4, 0.5) is 0 Å². The molecule has 74 valence electrons. The Hall–Kier alpha value is -1.16. The Morgan fingerprint density at radius 2 is 1.79 bits per heavy atom. The Bertz CT molecular complexity index is 359. The van der Waals surface area contributed by atoms with Crippen LogP contribution in [0.3, 0.4) is 0 Å². The van der Waals surface area contributed by atoms with Crippen LogP contribution in [0, 0.1) is 6.92 Å². The van der Waals surface area contributed by atoms with Crippen LogP contribution >= 0.6 is 15.9 Å². The molecule has 1 aromatic rings. The molecule has 0 radical (unpaired) electrons. The van der Waals surface area contributed by atoms with Crippen LogP contribution in [0.25, 0.3) is 0 Å². The molecule has 0 fully saturated rings. The van der Waals surface area contributed by atoms with Crippen molar-refractivity contribution >= 4 is 27.6 Å². The predicted molar refractivity (Wildman–Crippen MR) is 57.0 cm³/mol. The van der Waals surface area contributed by atoms with Crippen LogP contribution in [0.1, 0.15) is 16.0 Å². The first kappa shape index (κ1) is 10.9. The number of aryl methyl sites for hydroxylation is 1. The predicted octanol–water partition coefficient (Wildman–Crippen LogP) is 1.49. The maximum absolute atomic E-state index is 11.2. The van der Waals surface area contributed by atoms with E-state index >= 15 is 0 Å². The summed E-state index contributed by atoms with van der Waals surface area (Å²) in [6.07, 6.45) is 0. The van der Waals surface area contributed by atoms with Crippen molar-refractivity contribution in [2.24, 2.45) is 5.73 Å². The minimum absolute atomic E-state index is 0.631. The molecule has 14 heavy (non-hydrogen) atoms. The van der Waals surface area contributed by atoms with E-state index in [0.29, 0.717) is 0 Å². The summed E-state index contributed by atoms with van der Waals surface area (Å²) in [5.74, 6) is -1.55. The summed E-state index contributed by atoms with van der Waals surface area (Å²) in [5, 5.41) is 0. The minimum Gasteiger partial charge on any atom is -0.363 e. The van der Waals surface area contributed by atoms with Crippen LogP contribution in [0.2, 0.25) is 0 Å². The molecule has 0 aliphatic carbocycles. The van der Waals surface area contributed by atoms with Crippen LogP contribution < -0.4 is 5.73 Å².